The van der Waals surface area contributed by atoms with Crippen molar-refractivity contribution in [3.63, 3.8) is 0 Å². The Hall–Kier alpha value is -1.92. The van der Waals surface area contributed by atoms with Gasteiger partial charge >= 0.3 is 5.97 Å². The first-order valence-electron chi connectivity index (χ1n) is 6.83. The van der Waals surface area contributed by atoms with Crippen LogP contribution in [-0.4, -0.2) is 36.7 Å². The summed E-state index contributed by atoms with van der Waals surface area (Å²) in [7, 11) is 1.32. The molecular formula is C15H22N2O4. The van der Waals surface area contributed by atoms with Crippen LogP contribution >= 0.6 is 0 Å². The van der Waals surface area contributed by atoms with Crippen molar-refractivity contribution in [3.05, 3.63) is 29.8 Å². The molecule has 0 aliphatic rings. The summed E-state index contributed by atoms with van der Waals surface area (Å²) in [6.07, 6.45) is -0.755. The van der Waals surface area contributed by atoms with Gasteiger partial charge in [-0.2, -0.15) is 0 Å². The summed E-state index contributed by atoms with van der Waals surface area (Å²) in [5, 5.41) is 16.1. The van der Waals surface area contributed by atoms with Gasteiger partial charge in [-0.3, -0.25) is 9.59 Å². The number of carbonyl (C=O) groups excluding carboxylic acids is 2. The molecule has 1 aromatic carbocycles. The van der Waals surface area contributed by atoms with Gasteiger partial charge in [0, 0.05) is 18.7 Å². The summed E-state index contributed by atoms with van der Waals surface area (Å²) in [6.45, 7) is 3.96. The number of methoxy groups -OCH3 is 1. The van der Waals surface area contributed by atoms with Crippen LogP contribution in [0.1, 0.15) is 31.9 Å². The van der Waals surface area contributed by atoms with Crippen molar-refractivity contribution in [2.24, 2.45) is 0 Å². The zero-order valence-corrected chi connectivity index (χ0v) is 12.6. The highest BCUT2D eigenvalue weighted by Crippen LogP contribution is 2.21. The Bertz CT molecular complexity index is 473. The van der Waals surface area contributed by atoms with Gasteiger partial charge in [0.25, 0.3) is 0 Å². The molecular weight excluding hydrogens is 272 g/mol. The normalized spacial score (nSPS) is 13.3. The van der Waals surface area contributed by atoms with E-state index in [-0.39, 0.29) is 18.3 Å². The first-order valence-corrected chi connectivity index (χ1v) is 6.83. The number of rotatable bonds is 7. The van der Waals surface area contributed by atoms with E-state index in [1.165, 1.54) is 14.0 Å². The van der Waals surface area contributed by atoms with Gasteiger partial charge in [0.05, 0.1) is 19.6 Å². The Morgan fingerprint density at radius 3 is 2.38 bits per heavy atom. The highest BCUT2D eigenvalue weighted by Gasteiger charge is 2.23. The predicted octanol–water partition coefficient (Wildman–Crippen LogP) is 1.22. The first kappa shape index (κ1) is 17.1. The van der Waals surface area contributed by atoms with E-state index in [0.717, 1.165) is 0 Å². The van der Waals surface area contributed by atoms with Crippen LogP contribution in [0.2, 0.25) is 0 Å². The van der Waals surface area contributed by atoms with Gasteiger partial charge in [-0.25, -0.2) is 0 Å². The molecule has 0 heterocycles. The molecule has 6 heteroatoms. The Kier molecular flexibility index (Phi) is 6.84. The van der Waals surface area contributed by atoms with Crippen LogP contribution in [0.25, 0.3) is 0 Å². The van der Waals surface area contributed by atoms with Gasteiger partial charge in [0.2, 0.25) is 5.91 Å². The van der Waals surface area contributed by atoms with Gasteiger partial charge < -0.3 is 20.5 Å². The van der Waals surface area contributed by atoms with Crippen LogP contribution in [0.5, 0.6) is 0 Å². The molecule has 21 heavy (non-hydrogen) atoms. The van der Waals surface area contributed by atoms with Crippen LogP contribution in [0.15, 0.2) is 24.3 Å². The fourth-order valence-electron chi connectivity index (χ4n) is 2.02. The summed E-state index contributed by atoms with van der Waals surface area (Å²) in [4.78, 5) is 22.3. The Morgan fingerprint density at radius 1 is 1.29 bits per heavy atom. The molecule has 0 spiro atoms. The summed E-state index contributed by atoms with van der Waals surface area (Å²) in [5.74, 6) is -0.533. The molecule has 3 N–H and O–H groups in total. The number of aliphatic hydroxyl groups is 1. The van der Waals surface area contributed by atoms with E-state index in [1.54, 1.807) is 24.3 Å². The monoisotopic (exact) mass is 294 g/mol. The number of hydrogen-bond acceptors (Lipinski definition) is 5. The molecule has 116 valence electrons. The van der Waals surface area contributed by atoms with Crippen molar-refractivity contribution in [3.8, 4) is 0 Å². The standard InChI is InChI=1S/C15H22N2O4/c1-4-16-13(9-14(19)21-3)15(20)11-5-7-12(8-6-11)17-10(2)18/h5-8,13,15-16,20H,4,9H2,1-3H3,(H,17,18). The number of benzene rings is 1. The quantitative estimate of drug-likeness (QED) is 0.658. The number of carbonyl (C=O) groups is 2. The average Bonchev–Trinajstić information content (AvgIpc) is 2.46. The van der Waals surface area contributed by atoms with Crippen LogP contribution in [0, 0.1) is 0 Å². The van der Waals surface area contributed by atoms with E-state index >= 15 is 0 Å². The lowest BCUT2D eigenvalue weighted by molar-refractivity contribution is -0.142. The van der Waals surface area contributed by atoms with Crippen molar-refractivity contribution in [1.29, 1.82) is 0 Å². The second-order valence-corrected chi connectivity index (χ2v) is 4.69. The van der Waals surface area contributed by atoms with Crippen LogP contribution in [-0.2, 0) is 14.3 Å². The van der Waals surface area contributed by atoms with E-state index < -0.39 is 12.1 Å². The molecule has 0 radical (unpaired) electrons. The Balaban J connectivity index is 2.80. The molecule has 1 aromatic rings. The van der Waals surface area contributed by atoms with Crippen molar-refractivity contribution >= 4 is 17.6 Å². The minimum absolute atomic E-state index is 0.0823. The third-order valence-electron chi connectivity index (χ3n) is 3.03. The van der Waals surface area contributed by atoms with Gasteiger partial charge in [-0.1, -0.05) is 19.1 Å². The fourth-order valence-corrected chi connectivity index (χ4v) is 2.02. The van der Waals surface area contributed by atoms with E-state index in [2.05, 4.69) is 15.4 Å². The molecule has 0 fully saturated rings. The molecule has 0 aliphatic carbocycles. The highest BCUT2D eigenvalue weighted by atomic mass is 16.5. The molecule has 2 atom stereocenters. The van der Waals surface area contributed by atoms with Crippen LogP contribution < -0.4 is 10.6 Å². The summed E-state index contributed by atoms with van der Waals surface area (Å²) < 4.78 is 4.64. The van der Waals surface area contributed by atoms with Crippen molar-refractivity contribution in [1.82, 2.24) is 5.32 Å². The predicted molar refractivity (Wildman–Crippen MR) is 79.8 cm³/mol. The lowest BCUT2D eigenvalue weighted by Gasteiger charge is -2.23. The minimum Gasteiger partial charge on any atom is -0.469 e. The first-order chi connectivity index (χ1) is 9.97. The second-order valence-electron chi connectivity index (χ2n) is 4.69. The maximum atomic E-state index is 11.4. The van der Waals surface area contributed by atoms with Crippen molar-refractivity contribution < 1.29 is 19.4 Å². The van der Waals surface area contributed by atoms with Gasteiger partial charge in [-0.15, -0.1) is 0 Å². The second kappa shape index (κ2) is 8.39. The number of aliphatic hydroxyl groups excluding tert-OH is 1. The molecule has 0 aliphatic heterocycles. The van der Waals surface area contributed by atoms with Crippen molar-refractivity contribution in [2.75, 3.05) is 19.0 Å². The van der Waals surface area contributed by atoms with Gasteiger partial charge in [-0.05, 0) is 24.2 Å². The van der Waals surface area contributed by atoms with E-state index in [4.69, 9.17) is 0 Å². The number of hydrogen-bond donors (Lipinski definition) is 3. The highest BCUT2D eigenvalue weighted by molar-refractivity contribution is 5.88. The molecule has 0 aromatic heterocycles. The lowest BCUT2D eigenvalue weighted by Crippen LogP contribution is -2.37. The van der Waals surface area contributed by atoms with Crippen molar-refractivity contribution in [2.45, 2.75) is 32.4 Å². The number of likely N-dealkylation sites (N-methyl/N-ethyl adjacent to an activating group) is 1. The average molecular weight is 294 g/mol. The van der Waals surface area contributed by atoms with Gasteiger partial charge in [0.1, 0.15) is 0 Å². The van der Waals surface area contributed by atoms with E-state index in [0.29, 0.717) is 17.8 Å². The molecule has 0 saturated heterocycles. The molecule has 0 saturated carbocycles. The number of nitrogens with one attached hydrogen (secondary N) is 2. The largest absolute Gasteiger partial charge is 0.469 e. The molecule has 1 amide bonds. The topological polar surface area (TPSA) is 87.7 Å². The lowest BCUT2D eigenvalue weighted by atomic mass is 9.99. The molecule has 0 bridgehead atoms. The fraction of sp³-hybridized carbons (Fsp3) is 0.467. The number of esters is 1. The summed E-state index contributed by atoms with van der Waals surface area (Å²) in [6, 6.07) is 6.44. The minimum atomic E-state index is -0.838. The number of amides is 1. The third-order valence-corrected chi connectivity index (χ3v) is 3.03. The van der Waals surface area contributed by atoms with Gasteiger partial charge in [0.15, 0.2) is 0 Å². The molecule has 6 nitrogen and oxygen atoms in total. The molecule has 1 rings (SSSR count). The maximum Gasteiger partial charge on any atom is 0.307 e. The summed E-state index contributed by atoms with van der Waals surface area (Å²) >= 11 is 0. The smallest absolute Gasteiger partial charge is 0.307 e. The van der Waals surface area contributed by atoms with E-state index in [1.807, 2.05) is 6.92 Å². The Morgan fingerprint density at radius 2 is 1.90 bits per heavy atom. The SMILES string of the molecule is CCNC(CC(=O)OC)C(O)c1ccc(NC(C)=O)cc1. The third kappa shape index (κ3) is 5.53. The molecule has 2 unspecified atom stereocenters. The maximum absolute atomic E-state index is 11.4. The zero-order chi connectivity index (χ0) is 15.8. The summed E-state index contributed by atoms with van der Waals surface area (Å²) in [5.41, 5.74) is 1.32. The Labute approximate surface area is 124 Å². The van der Waals surface area contributed by atoms with E-state index in [9.17, 15) is 14.7 Å². The van der Waals surface area contributed by atoms with Crippen LogP contribution in [0.3, 0.4) is 0 Å². The number of ether oxygens (including phenoxy) is 1. The number of anilines is 1. The zero-order valence-electron chi connectivity index (χ0n) is 12.6. The van der Waals surface area contributed by atoms with Crippen LogP contribution in [0.4, 0.5) is 5.69 Å².